The van der Waals surface area contributed by atoms with Gasteiger partial charge in [-0.25, -0.2) is 9.97 Å². The number of benzene rings is 3. The molecule has 0 aliphatic carbocycles. The zero-order chi connectivity index (χ0) is 23.3. The quantitative estimate of drug-likeness (QED) is 0.361. The van der Waals surface area contributed by atoms with Crippen LogP contribution in [0, 0.1) is 0 Å². The molecule has 0 fully saturated rings. The Hall–Kier alpha value is -4.07. The highest BCUT2D eigenvalue weighted by Crippen LogP contribution is 2.34. The van der Waals surface area contributed by atoms with Crippen molar-refractivity contribution in [2.24, 2.45) is 0 Å². The molecule has 1 heterocycles. The second kappa shape index (κ2) is 9.60. The maximum Gasteiger partial charge on any atom is 0.416 e. The summed E-state index contributed by atoms with van der Waals surface area (Å²) in [6, 6.07) is 24.7. The standard InChI is InChI=1S/C25H22F3N5/c26-25(27,28)20-12-7-13-21(14-20)32-23-22(29)24(31-17-30-23)33(15-18-8-3-1-4-9-18)16-19-10-5-2-6-11-19/h1-14,17H,15-16,29H2,(H,30,31,32). The van der Waals surface area contributed by atoms with Gasteiger partial charge in [0.15, 0.2) is 11.6 Å². The van der Waals surface area contributed by atoms with Crippen molar-refractivity contribution in [3.63, 3.8) is 0 Å². The normalized spacial score (nSPS) is 11.2. The zero-order valence-corrected chi connectivity index (χ0v) is 17.6. The van der Waals surface area contributed by atoms with E-state index >= 15 is 0 Å². The first-order valence-corrected chi connectivity index (χ1v) is 10.3. The first-order valence-electron chi connectivity index (χ1n) is 10.3. The molecule has 0 radical (unpaired) electrons. The highest BCUT2D eigenvalue weighted by Gasteiger charge is 2.30. The molecule has 0 atom stereocenters. The molecule has 1 aromatic heterocycles. The highest BCUT2D eigenvalue weighted by molar-refractivity contribution is 5.78. The average Bonchev–Trinajstić information content (AvgIpc) is 2.81. The molecule has 0 amide bonds. The monoisotopic (exact) mass is 449 g/mol. The Kier molecular flexibility index (Phi) is 6.44. The van der Waals surface area contributed by atoms with Gasteiger partial charge in [-0.3, -0.25) is 0 Å². The average molecular weight is 449 g/mol. The minimum atomic E-state index is -4.44. The smallest absolute Gasteiger partial charge is 0.393 e. The first-order chi connectivity index (χ1) is 15.9. The van der Waals surface area contributed by atoms with Crippen molar-refractivity contribution >= 4 is 23.0 Å². The molecule has 0 spiro atoms. The third-order valence-electron chi connectivity index (χ3n) is 5.05. The van der Waals surface area contributed by atoms with Gasteiger partial charge in [-0.05, 0) is 29.3 Å². The number of aromatic nitrogens is 2. The summed E-state index contributed by atoms with van der Waals surface area (Å²) < 4.78 is 39.3. The van der Waals surface area contributed by atoms with E-state index in [1.807, 2.05) is 65.6 Å². The molecule has 0 saturated carbocycles. The van der Waals surface area contributed by atoms with Crippen LogP contribution in [0.15, 0.2) is 91.3 Å². The van der Waals surface area contributed by atoms with Crippen LogP contribution in [-0.4, -0.2) is 9.97 Å². The van der Waals surface area contributed by atoms with Crippen molar-refractivity contribution in [3.8, 4) is 0 Å². The van der Waals surface area contributed by atoms with Gasteiger partial charge in [-0.2, -0.15) is 13.2 Å². The number of nitrogens with one attached hydrogen (secondary N) is 1. The van der Waals surface area contributed by atoms with Gasteiger partial charge in [0, 0.05) is 18.8 Å². The molecule has 5 nitrogen and oxygen atoms in total. The third kappa shape index (κ3) is 5.60. The molecule has 0 unspecified atom stereocenters. The Morgan fingerprint density at radius 2 is 1.39 bits per heavy atom. The number of nitrogens with two attached hydrogens (primary N) is 1. The predicted molar refractivity (Wildman–Crippen MR) is 124 cm³/mol. The van der Waals surface area contributed by atoms with Crippen LogP contribution in [0.1, 0.15) is 16.7 Å². The summed E-state index contributed by atoms with van der Waals surface area (Å²) in [7, 11) is 0. The lowest BCUT2D eigenvalue weighted by Gasteiger charge is -2.26. The van der Waals surface area contributed by atoms with Gasteiger partial charge in [-0.15, -0.1) is 0 Å². The molecule has 4 aromatic rings. The molecule has 0 bridgehead atoms. The van der Waals surface area contributed by atoms with Crippen molar-refractivity contribution < 1.29 is 13.2 Å². The fraction of sp³-hybridized carbons (Fsp3) is 0.120. The van der Waals surface area contributed by atoms with Gasteiger partial charge in [0.05, 0.1) is 5.56 Å². The number of alkyl halides is 3. The van der Waals surface area contributed by atoms with Gasteiger partial charge in [0.2, 0.25) is 0 Å². The summed E-state index contributed by atoms with van der Waals surface area (Å²) >= 11 is 0. The van der Waals surface area contributed by atoms with Crippen LogP contribution < -0.4 is 16.0 Å². The fourth-order valence-electron chi connectivity index (χ4n) is 3.46. The molecular formula is C25H22F3N5. The van der Waals surface area contributed by atoms with Crippen LogP contribution in [0.3, 0.4) is 0 Å². The van der Waals surface area contributed by atoms with Crippen LogP contribution >= 0.6 is 0 Å². The number of nitrogens with zero attached hydrogens (tertiary/aromatic N) is 3. The topological polar surface area (TPSA) is 67.1 Å². The van der Waals surface area contributed by atoms with Crippen molar-refractivity contribution in [3.05, 3.63) is 108 Å². The van der Waals surface area contributed by atoms with Crippen molar-refractivity contribution in [2.75, 3.05) is 16.0 Å². The molecule has 3 aromatic carbocycles. The Labute approximate surface area is 189 Å². The van der Waals surface area contributed by atoms with Crippen LogP contribution in [0.5, 0.6) is 0 Å². The van der Waals surface area contributed by atoms with E-state index in [9.17, 15) is 13.2 Å². The molecule has 0 saturated heterocycles. The Morgan fingerprint density at radius 1 is 0.788 bits per heavy atom. The van der Waals surface area contributed by atoms with Gasteiger partial charge in [-0.1, -0.05) is 66.7 Å². The molecule has 33 heavy (non-hydrogen) atoms. The van der Waals surface area contributed by atoms with Crippen molar-refractivity contribution in [1.29, 1.82) is 0 Å². The summed E-state index contributed by atoms with van der Waals surface area (Å²) in [4.78, 5) is 10.6. The molecule has 4 rings (SSSR count). The van der Waals surface area contributed by atoms with Crippen molar-refractivity contribution in [2.45, 2.75) is 19.3 Å². The van der Waals surface area contributed by atoms with Gasteiger partial charge >= 0.3 is 6.18 Å². The molecule has 8 heteroatoms. The van der Waals surface area contributed by atoms with Crippen LogP contribution in [0.25, 0.3) is 0 Å². The van der Waals surface area contributed by atoms with Gasteiger partial charge in [0.25, 0.3) is 0 Å². The van der Waals surface area contributed by atoms with E-state index in [0.717, 1.165) is 23.3 Å². The number of anilines is 4. The summed E-state index contributed by atoms with van der Waals surface area (Å²) in [5, 5.41) is 2.90. The molecule has 3 N–H and O–H groups in total. The van der Waals surface area contributed by atoms with Crippen LogP contribution in [-0.2, 0) is 19.3 Å². The Bertz CT molecular complexity index is 1160. The molecule has 0 aliphatic rings. The van der Waals surface area contributed by atoms with Gasteiger partial charge in [0.1, 0.15) is 12.0 Å². The lowest BCUT2D eigenvalue weighted by Crippen LogP contribution is -2.24. The maximum atomic E-state index is 13.1. The van der Waals surface area contributed by atoms with E-state index in [2.05, 4.69) is 15.3 Å². The summed E-state index contributed by atoms with van der Waals surface area (Å²) in [5.74, 6) is 0.734. The lowest BCUT2D eigenvalue weighted by molar-refractivity contribution is -0.137. The molecule has 0 aliphatic heterocycles. The second-order valence-electron chi connectivity index (χ2n) is 7.49. The largest absolute Gasteiger partial charge is 0.416 e. The minimum Gasteiger partial charge on any atom is -0.393 e. The number of hydrogen-bond donors (Lipinski definition) is 2. The highest BCUT2D eigenvalue weighted by atomic mass is 19.4. The fourth-order valence-corrected chi connectivity index (χ4v) is 3.46. The number of nitrogen functional groups attached to an aromatic ring is 1. The zero-order valence-electron chi connectivity index (χ0n) is 17.6. The number of hydrogen-bond acceptors (Lipinski definition) is 5. The van der Waals surface area contributed by atoms with E-state index in [1.165, 1.54) is 18.5 Å². The Balaban J connectivity index is 1.66. The van der Waals surface area contributed by atoms with E-state index in [0.29, 0.717) is 18.9 Å². The maximum absolute atomic E-state index is 13.1. The van der Waals surface area contributed by atoms with Crippen molar-refractivity contribution in [1.82, 2.24) is 9.97 Å². The van der Waals surface area contributed by atoms with Crippen LogP contribution in [0.2, 0.25) is 0 Å². The van der Waals surface area contributed by atoms with Gasteiger partial charge < -0.3 is 16.0 Å². The van der Waals surface area contributed by atoms with E-state index in [1.54, 1.807) is 0 Å². The first kappa shape index (κ1) is 22.1. The van der Waals surface area contributed by atoms with E-state index in [4.69, 9.17) is 5.73 Å². The summed E-state index contributed by atoms with van der Waals surface area (Å²) in [6.07, 6.45) is -3.09. The predicted octanol–water partition coefficient (Wildman–Crippen LogP) is 6.03. The minimum absolute atomic E-state index is 0.235. The van der Waals surface area contributed by atoms with E-state index in [-0.39, 0.29) is 17.2 Å². The summed E-state index contributed by atoms with van der Waals surface area (Å²) in [6.45, 7) is 1.08. The lowest BCUT2D eigenvalue weighted by atomic mass is 10.1. The molecular weight excluding hydrogens is 427 g/mol. The third-order valence-corrected chi connectivity index (χ3v) is 5.05. The number of rotatable bonds is 7. The Morgan fingerprint density at radius 3 is 1.97 bits per heavy atom. The SMILES string of the molecule is Nc1c(Nc2cccc(C(F)(F)F)c2)ncnc1N(Cc1ccccc1)Cc1ccccc1. The second-order valence-corrected chi connectivity index (χ2v) is 7.49. The van der Waals surface area contributed by atoms with E-state index < -0.39 is 11.7 Å². The number of halogens is 3. The van der Waals surface area contributed by atoms with Crippen LogP contribution in [0.4, 0.5) is 36.2 Å². The molecule has 168 valence electrons. The summed E-state index contributed by atoms with van der Waals surface area (Å²) in [5.41, 5.74) is 8.28.